The number of hydrogen-bond donors (Lipinski definition) is 1. The largest absolute Gasteiger partial charge is 0.444 e. The summed E-state index contributed by atoms with van der Waals surface area (Å²) in [5.74, 6) is -0.0482. The molecule has 0 radical (unpaired) electrons. The maximum atomic E-state index is 13.6. The number of nitrogens with one attached hydrogen (secondary N) is 1. The minimum absolute atomic E-state index is 0.0113. The first-order chi connectivity index (χ1) is 16.2. The van der Waals surface area contributed by atoms with Gasteiger partial charge in [0.2, 0.25) is 0 Å². The van der Waals surface area contributed by atoms with Crippen LogP contribution in [0.5, 0.6) is 0 Å². The van der Waals surface area contributed by atoms with Gasteiger partial charge in [-0.2, -0.15) is 5.10 Å². The van der Waals surface area contributed by atoms with E-state index in [2.05, 4.69) is 5.32 Å². The van der Waals surface area contributed by atoms with E-state index in [0.29, 0.717) is 37.2 Å². The SMILES string of the molecule is Cc1ccc(-n2cc(C(=O)N3CCC(NC(=O)OC(C)(C)C)CC3)c(-c3ccccc3)n2)cc1. The molecule has 1 fully saturated rings. The number of alkyl carbamates (subject to hydrolysis) is 1. The zero-order chi connectivity index (χ0) is 24.3. The predicted molar refractivity (Wildman–Crippen MR) is 132 cm³/mol. The van der Waals surface area contributed by atoms with Crippen LogP contribution in [0.4, 0.5) is 4.79 Å². The molecule has 2 amide bonds. The van der Waals surface area contributed by atoms with E-state index in [0.717, 1.165) is 11.3 Å². The van der Waals surface area contributed by atoms with Crippen molar-refractivity contribution in [1.82, 2.24) is 20.0 Å². The van der Waals surface area contributed by atoms with Crippen LogP contribution in [0, 0.1) is 6.92 Å². The molecule has 0 unspecified atom stereocenters. The Morgan fingerprint density at radius 1 is 1.00 bits per heavy atom. The fourth-order valence-electron chi connectivity index (χ4n) is 4.04. The van der Waals surface area contributed by atoms with Gasteiger partial charge in [-0.1, -0.05) is 48.0 Å². The maximum absolute atomic E-state index is 13.6. The van der Waals surface area contributed by atoms with Crippen LogP contribution < -0.4 is 5.32 Å². The van der Waals surface area contributed by atoms with Crippen LogP contribution in [-0.4, -0.2) is 51.4 Å². The molecule has 0 aliphatic carbocycles. The van der Waals surface area contributed by atoms with Crippen LogP contribution in [0.1, 0.15) is 49.5 Å². The number of piperidine rings is 1. The van der Waals surface area contributed by atoms with Crippen molar-refractivity contribution in [3.8, 4) is 16.9 Å². The number of benzene rings is 2. The summed E-state index contributed by atoms with van der Waals surface area (Å²) in [6, 6.07) is 17.8. The fraction of sp³-hybridized carbons (Fsp3) is 0.370. The number of aromatic nitrogens is 2. The molecule has 2 aromatic carbocycles. The van der Waals surface area contributed by atoms with Crippen molar-refractivity contribution in [2.24, 2.45) is 0 Å². The van der Waals surface area contributed by atoms with Gasteiger partial charge in [0.15, 0.2) is 0 Å². The molecule has 2 heterocycles. The van der Waals surface area contributed by atoms with Crippen molar-refractivity contribution in [3.63, 3.8) is 0 Å². The Hall–Kier alpha value is -3.61. The highest BCUT2D eigenvalue weighted by Crippen LogP contribution is 2.26. The fourth-order valence-corrected chi connectivity index (χ4v) is 4.04. The van der Waals surface area contributed by atoms with Crippen LogP contribution in [0.3, 0.4) is 0 Å². The highest BCUT2D eigenvalue weighted by molar-refractivity contribution is 6.00. The number of likely N-dealkylation sites (tertiary alicyclic amines) is 1. The molecule has 0 saturated carbocycles. The van der Waals surface area contributed by atoms with Gasteiger partial charge in [-0.15, -0.1) is 0 Å². The van der Waals surface area contributed by atoms with Crippen LogP contribution in [0.25, 0.3) is 16.9 Å². The van der Waals surface area contributed by atoms with Crippen molar-refractivity contribution in [3.05, 3.63) is 71.9 Å². The standard InChI is InChI=1S/C27H32N4O3/c1-19-10-12-22(13-11-19)31-18-23(24(29-31)20-8-6-5-7-9-20)25(32)30-16-14-21(15-17-30)28-26(33)34-27(2,3)4/h5-13,18,21H,14-17H2,1-4H3,(H,28,33). The molecule has 1 aliphatic heterocycles. The molecule has 1 saturated heterocycles. The lowest BCUT2D eigenvalue weighted by Gasteiger charge is -2.32. The number of carbonyl (C=O) groups is 2. The third kappa shape index (κ3) is 5.65. The normalized spacial score (nSPS) is 14.6. The van der Waals surface area contributed by atoms with Gasteiger partial charge in [-0.25, -0.2) is 9.48 Å². The summed E-state index contributed by atoms with van der Waals surface area (Å²) in [5, 5.41) is 7.71. The van der Waals surface area contributed by atoms with E-state index in [-0.39, 0.29) is 11.9 Å². The second-order valence-corrected chi connectivity index (χ2v) is 9.75. The quantitative estimate of drug-likeness (QED) is 0.596. The zero-order valence-electron chi connectivity index (χ0n) is 20.2. The van der Waals surface area contributed by atoms with Gasteiger partial charge in [-0.05, 0) is 52.7 Å². The van der Waals surface area contributed by atoms with Gasteiger partial charge in [0, 0.05) is 30.9 Å². The van der Waals surface area contributed by atoms with Crippen LogP contribution in [0.2, 0.25) is 0 Å². The Morgan fingerprint density at radius 3 is 2.26 bits per heavy atom. The average Bonchev–Trinajstić information content (AvgIpc) is 3.24. The number of aryl methyl sites for hydroxylation is 1. The Labute approximate surface area is 200 Å². The third-order valence-electron chi connectivity index (χ3n) is 5.79. The molecule has 1 aromatic heterocycles. The average molecular weight is 461 g/mol. The van der Waals surface area contributed by atoms with Gasteiger partial charge >= 0.3 is 6.09 Å². The molecule has 1 aliphatic rings. The van der Waals surface area contributed by atoms with Crippen molar-refractivity contribution >= 4 is 12.0 Å². The number of nitrogens with zero attached hydrogens (tertiary/aromatic N) is 3. The van der Waals surface area contributed by atoms with E-state index in [1.165, 1.54) is 5.56 Å². The van der Waals surface area contributed by atoms with E-state index in [9.17, 15) is 9.59 Å². The first-order valence-corrected chi connectivity index (χ1v) is 11.7. The lowest BCUT2D eigenvalue weighted by Crippen LogP contribution is -2.47. The predicted octanol–water partition coefficient (Wildman–Crippen LogP) is 4.98. The molecule has 7 heteroatoms. The molecule has 178 valence electrons. The van der Waals surface area contributed by atoms with Crippen LogP contribution in [-0.2, 0) is 4.74 Å². The maximum Gasteiger partial charge on any atom is 0.407 e. The number of rotatable bonds is 4. The summed E-state index contributed by atoms with van der Waals surface area (Å²) >= 11 is 0. The monoisotopic (exact) mass is 460 g/mol. The number of hydrogen-bond acceptors (Lipinski definition) is 4. The summed E-state index contributed by atoms with van der Waals surface area (Å²) < 4.78 is 7.13. The number of amides is 2. The van der Waals surface area contributed by atoms with Gasteiger partial charge in [0.1, 0.15) is 11.3 Å². The van der Waals surface area contributed by atoms with Crippen molar-refractivity contribution in [2.45, 2.75) is 52.2 Å². The summed E-state index contributed by atoms with van der Waals surface area (Å²) in [4.78, 5) is 27.5. The second-order valence-electron chi connectivity index (χ2n) is 9.75. The lowest BCUT2D eigenvalue weighted by atomic mass is 10.0. The minimum Gasteiger partial charge on any atom is -0.444 e. The minimum atomic E-state index is -0.536. The number of ether oxygens (including phenoxy) is 1. The molecule has 34 heavy (non-hydrogen) atoms. The van der Waals surface area contributed by atoms with Gasteiger partial charge in [0.25, 0.3) is 5.91 Å². The van der Waals surface area contributed by atoms with Crippen molar-refractivity contribution < 1.29 is 14.3 Å². The first kappa shape index (κ1) is 23.5. The smallest absolute Gasteiger partial charge is 0.407 e. The van der Waals surface area contributed by atoms with Gasteiger partial charge in [0.05, 0.1) is 11.3 Å². The Morgan fingerprint density at radius 2 is 1.65 bits per heavy atom. The van der Waals surface area contributed by atoms with Crippen LogP contribution >= 0.6 is 0 Å². The molecule has 7 nitrogen and oxygen atoms in total. The van der Waals surface area contributed by atoms with Crippen LogP contribution in [0.15, 0.2) is 60.8 Å². The Kier molecular flexibility index (Phi) is 6.72. The Bertz CT molecular complexity index is 1140. The molecule has 0 spiro atoms. The third-order valence-corrected chi connectivity index (χ3v) is 5.79. The molecule has 3 aromatic rings. The molecule has 0 atom stereocenters. The van der Waals surface area contributed by atoms with E-state index < -0.39 is 11.7 Å². The first-order valence-electron chi connectivity index (χ1n) is 11.7. The summed E-state index contributed by atoms with van der Waals surface area (Å²) in [6.45, 7) is 8.68. The summed E-state index contributed by atoms with van der Waals surface area (Å²) in [5.41, 5.74) is 3.68. The van der Waals surface area contributed by atoms with Crippen molar-refractivity contribution in [1.29, 1.82) is 0 Å². The van der Waals surface area contributed by atoms with Gasteiger partial charge < -0.3 is 15.0 Å². The molecule has 1 N–H and O–H groups in total. The van der Waals surface area contributed by atoms with Gasteiger partial charge in [-0.3, -0.25) is 4.79 Å². The molecule has 0 bridgehead atoms. The summed E-state index contributed by atoms with van der Waals surface area (Å²) in [6.07, 6.45) is 2.76. The van der Waals surface area contributed by atoms with E-state index in [4.69, 9.17) is 9.84 Å². The zero-order valence-corrected chi connectivity index (χ0v) is 20.2. The molecular formula is C27H32N4O3. The van der Waals surface area contributed by atoms with E-state index >= 15 is 0 Å². The summed E-state index contributed by atoms with van der Waals surface area (Å²) in [7, 11) is 0. The van der Waals surface area contributed by atoms with Crippen molar-refractivity contribution in [2.75, 3.05) is 13.1 Å². The number of carbonyl (C=O) groups excluding carboxylic acids is 2. The molecule has 4 rings (SSSR count). The lowest BCUT2D eigenvalue weighted by molar-refractivity contribution is 0.0473. The van der Waals surface area contributed by atoms with E-state index in [1.54, 1.807) is 4.68 Å². The molecular weight excluding hydrogens is 428 g/mol. The Balaban J connectivity index is 1.51. The highest BCUT2D eigenvalue weighted by atomic mass is 16.6. The van der Waals surface area contributed by atoms with E-state index in [1.807, 2.05) is 93.4 Å². The highest BCUT2D eigenvalue weighted by Gasteiger charge is 2.29. The second kappa shape index (κ2) is 9.71. The topological polar surface area (TPSA) is 76.5 Å².